The zero-order valence-corrected chi connectivity index (χ0v) is 12.2. The molecule has 0 aliphatic carbocycles. The summed E-state index contributed by atoms with van der Waals surface area (Å²) in [5, 5.41) is 4.15. The smallest absolute Gasteiger partial charge is 0.128 e. The van der Waals surface area contributed by atoms with E-state index < -0.39 is 0 Å². The Labute approximate surface area is 124 Å². The summed E-state index contributed by atoms with van der Waals surface area (Å²) in [6.45, 7) is 4.87. The first-order chi connectivity index (χ1) is 10.1. The average molecular weight is 286 g/mol. The van der Waals surface area contributed by atoms with Gasteiger partial charge in [0.1, 0.15) is 11.6 Å². The van der Waals surface area contributed by atoms with Crippen molar-refractivity contribution in [2.75, 3.05) is 12.0 Å². The molecule has 0 amide bonds. The molecular formula is C17H19FN2O. The first kappa shape index (κ1) is 15.0. The fourth-order valence-corrected chi connectivity index (χ4v) is 1.68. The van der Waals surface area contributed by atoms with Crippen molar-refractivity contribution >= 4 is 11.9 Å². The van der Waals surface area contributed by atoms with Crippen LogP contribution in [0.2, 0.25) is 0 Å². The van der Waals surface area contributed by atoms with E-state index in [4.69, 9.17) is 4.74 Å². The van der Waals surface area contributed by atoms with Gasteiger partial charge in [-0.1, -0.05) is 26.0 Å². The van der Waals surface area contributed by atoms with Gasteiger partial charge in [0.25, 0.3) is 0 Å². The molecule has 2 aromatic carbocycles. The minimum Gasteiger partial charge on any atom is -0.493 e. The number of ether oxygens (including phenoxy) is 1. The van der Waals surface area contributed by atoms with Crippen LogP contribution >= 0.6 is 0 Å². The predicted octanol–water partition coefficient (Wildman–Crippen LogP) is 4.31. The highest BCUT2D eigenvalue weighted by Crippen LogP contribution is 2.17. The number of hydrogen-bond acceptors (Lipinski definition) is 3. The molecule has 0 unspecified atom stereocenters. The lowest BCUT2D eigenvalue weighted by atomic mass is 10.2. The van der Waals surface area contributed by atoms with Gasteiger partial charge in [-0.3, -0.25) is 5.43 Å². The Morgan fingerprint density at radius 3 is 2.57 bits per heavy atom. The minimum absolute atomic E-state index is 0.267. The summed E-state index contributed by atoms with van der Waals surface area (Å²) in [5.41, 5.74) is 4.49. The summed E-state index contributed by atoms with van der Waals surface area (Å²) in [5.74, 6) is 1.00. The van der Waals surface area contributed by atoms with Gasteiger partial charge >= 0.3 is 0 Å². The third-order valence-electron chi connectivity index (χ3n) is 2.73. The number of nitrogens with zero attached hydrogens (tertiary/aromatic N) is 1. The van der Waals surface area contributed by atoms with Gasteiger partial charge in [0, 0.05) is 5.56 Å². The highest BCUT2D eigenvalue weighted by atomic mass is 19.1. The van der Waals surface area contributed by atoms with Gasteiger partial charge in [-0.2, -0.15) is 5.10 Å². The Kier molecular flexibility index (Phi) is 5.32. The van der Waals surface area contributed by atoms with Gasteiger partial charge in [-0.05, 0) is 42.3 Å². The second kappa shape index (κ2) is 7.43. The summed E-state index contributed by atoms with van der Waals surface area (Å²) in [6, 6.07) is 13.8. The van der Waals surface area contributed by atoms with Crippen LogP contribution in [0.3, 0.4) is 0 Å². The Bertz CT molecular complexity index is 594. The van der Waals surface area contributed by atoms with E-state index in [-0.39, 0.29) is 5.82 Å². The molecule has 0 fully saturated rings. The highest BCUT2D eigenvalue weighted by Gasteiger charge is 2.02. The molecule has 1 N–H and O–H groups in total. The normalized spacial score (nSPS) is 11.0. The van der Waals surface area contributed by atoms with Crippen LogP contribution in [0.25, 0.3) is 0 Å². The van der Waals surface area contributed by atoms with Crippen LogP contribution in [0, 0.1) is 11.7 Å². The van der Waals surface area contributed by atoms with E-state index in [0.717, 1.165) is 17.0 Å². The van der Waals surface area contributed by atoms with E-state index in [1.165, 1.54) is 12.1 Å². The third kappa shape index (κ3) is 4.91. The van der Waals surface area contributed by atoms with Crippen molar-refractivity contribution in [3.8, 4) is 5.75 Å². The molecule has 0 aliphatic rings. The Hall–Kier alpha value is -2.36. The molecule has 0 bridgehead atoms. The van der Waals surface area contributed by atoms with Gasteiger partial charge in [-0.15, -0.1) is 0 Å². The molecule has 2 aromatic rings. The molecule has 110 valence electrons. The zero-order chi connectivity index (χ0) is 15.1. The number of para-hydroxylation sites is 1. The van der Waals surface area contributed by atoms with Crippen molar-refractivity contribution in [1.29, 1.82) is 0 Å². The van der Waals surface area contributed by atoms with Crippen LogP contribution in [0.1, 0.15) is 19.4 Å². The van der Waals surface area contributed by atoms with Crippen LogP contribution < -0.4 is 10.2 Å². The number of halogens is 1. The fraction of sp³-hybridized carbons (Fsp3) is 0.235. The fourth-order valence-electron chi connectivity index (χ4n) is 1.68. The maximum absolute atomic E-state index is 12.8. The predicted molar refractivity (Wildman–Crippen MR) is 84.4 cm³/mol. The summed E-state index contributed by atoms with van der Waals surface area (Å²) < 4.78 is 18.5. The second-order valence-electron chi connectivity index (χ2n) is 5.12. The van der Waals surface area contributed by atoms with Crippen LogP contribution in [0.4, 0.5) is 10.1 Å². The van der Waals surface area contributed by atoms with E-state index >= 15 is 0 Å². The number of hydrazone groups is 1. The second-order valence-corrected chi connectivity index (χ2v) is 5.12. The summed E-state index contributed by atoms with van der Waals surface area (Å²) >= 11 is 0. The first-order valence-electron chi connectivity index (χ1n) is 6.91. The molecule has 0 saturated heterocycles. The standard InChI is InChI=1S/C17H19FN2O/c1-13(2)12-21-17-6-4-3-5-14(17)11-19-20-16-9-7-15(18)8-10-16/h3-11,13,20H,12H2,1-2H3/b19-11+. The molecule has 3 nitrogen and oxygen atoms in total. The van der Waals surface area contributed by atoms with Crippen LogP contribution in [0.15, 0.2) is 53.6 Å². The molecule has 0 saturated carbocycles. The highest BCUT2D eigenvalue weighted by molar-refractivity contribution is 5.83. The van der Waals surface area contributed by atoms with Crippen molar-refractivity contribution < 1.29 is 9.13 Å². The van der Waals surface area contributed by atoms with E-state index in [1.807, 2.05) is 24.3 Å². The maximum Gasteiger partial charge on any atom is 0.128 e. The summed E-state index contributed by atoms with van der Waals surface area (Å²) in [6.07, 6.45) is 1.69. The van der Waals surface area contributed by atoms with E-state index in [2.05, 4.69) is 24.4 Å². The quantitative estimate of drug-likeness (QED) is 0.634. The number of benzene rings is 2. The Balaban J connectivity index is 2.01. The topological polar surface area (TPSA) is 33.6 Å². The molecule has 0 spiro atoms. The molecule has 4 heteroatoms. The molecular weight excluding hydrogens is 267 g/mol. The Morgan fingerprint density at radius 1 is 1.14 bits per heavy atom. The summed E-state index contributed by atoms with van der Waals surface area (Å²) in [4.78, 5) is 0. The van der Waals surface area contributed by atoms with Crippen molar-refractivity contribution in [3.63, 3.8) is 0 Å². The van der Waals surface area contributed by atoms with E-state index in [0.29, 0.717) is 12.5 Å². The molecule has 0 heterocycles. The minimum atomic E-state index is -0.267. The van der Waals surface area contributed by atoms with Crippen molar-refractivity contribution in [1.82, 2.24) is 0 Å². The van der Waals surface area contributed by atoms with Gasteiger partial charge in [-0.25, -0.2) is 4.39 Å². The van der Waals surface area contributed by atoms with Crippen LogP contribution in [0.5, 0.6) is 5.75 Å². The van der Waals surface area contributed by atoms with Crippen LogP contribution in [-0.4, -0.2) is 12.8 Å². The van der Waals surface area contributed by atoms with Gasteiger partial charge in [0.05, 0.1) is 18.5 Å². The first-order valence-corrected chi connectivity index (χ1v) is 6.91. The van der Waals surface area contributed by atoms with Gasteiger partial charge in [0.15, 0.2) is 0 Å². The maximum atomic E-state index is 12.8. The van der Waals surface area contributed by atoms with E-state index in [1.54, 1.807) is 18.3 Å². The van der Waals surface area contributed by atoms with Gasteiger partial charge in [0.2, 0.25) is 0 Å². The number of hydrogen-bond donors (Lipinski definition) is 1. The molecule has 21 heavy (non-hydrogen) atoms. The molecule has 2 rings (SSSR count). The van der Waals surface area contributed by atoms with Crippen LogP contribution in [-0.2, 0) is 0 Å². The zero-order valence-electron chi connectivity index (χ0n) is 12.2. The molecule has 0 radical (unpaired) electrons. The monoisotopic (exact) mass is 286 g/mol. The molecule has 0 atom stereocenters. The number of anilines is 1. The number of rotatable bonds is 6. The average Bonchev–Trinajstić information content (AvgIpc) is 2.48. The Morgan fingerprint density at radius 2 is 1.86 bits per heavy atom. The molecule has 0 aliphatic heterocycles. The summed E-state index contributed by atoms with van der Waals surface area (Å²) in [7, 11) is 0. The largest absolute Gasteiger partial charge is 0.493 e. The SMILES string of the molecule is CC(C)COc1ccccc1/C=N/Nc1ccc(F)cc1. The lowest BCUT2D eigenvalue weighted by Gasteiger charge is -2.10. The molecule has 0 aromatic heterocycles. The lowest BCUT2D eigenvalue weighted by Crippen LogP contribution is -2.06. The van der Waals surface area contributed by atoms with Crippen molar-refractivity contribution in [2.24, 2.45) is 11.0 Å². The van der Waals surface area contributed by atoms with Gasteiger partial charge < -0.3 is 4.74 Å². The number of nitrogens with one attached hydrogen (secondary N) is 1. The van der Waals surface area contributed by atoms with Crippen molar-refractivity contribution in [2.45, 2.75) is 13.8 Å². The lowest BCUT2D eigenvalue weighted by molar-refractivity contribution is 0.271. The van der Waals surface area contributed by atoms with Crippen molar-refractivity contribution in [3.05, 3.63) is 59.9 Å². The third-order valence-corrected chi connectivity index (χ3v) is 2.73. The van der Waals surface area contributed by atoms with E-state index in [9.17, 15) is 4.39 Å².